The summed E-state index contributed by atoms with van der Waals surface area (Å²) in [5, 5.41) is 6.73. The van der Waals surface area contributed by atoms with Crippen molar-refractivity contribution < 1.29 is 14.3 Å². The molecule has 192 valence electrons. The Bertz CT molecular complexity index is 1110. The molecule has 0 unspecified atom stereocenters. The van der Waals surface area contributed by atoms with Gasteiger partial charge in [-0.3, -0.25) is 14.5 Å². The molecule has 8 heteroatoms. The van der Waals surface area contributed by atoms with Crippen LogP contribution in [-0.4, -0.2) is 67.1 Å². The predicted octanol–water partition coefficient (Wildman–Crippen LogP) is 3.39. The molecule has 2 fully saturated rings. The van der Waals surface area contributed by atoms with Crippen LogP contribution in [0.3, 0.4) is 0 Å². The lowest BCUT2D eigenvalue weighted by Crippen LogP contribution is -2.51. The van der Waals surface area contributed by atoms with E-state index in [0.717, 1.165) is 68.5 Å². The lowest BCUT2D eigenvalue weighted by atomic mass is 9.79. The van der Waals surface area contributed by atoms with Gasteiger partial charge in [0, 0.05) is 62.0 Å². The number of aryl methyl sites for hydroxylation is 1. The number of hydrogen-bond acceptors (Lipinski definition) is 6. The molecule has 8 nitrogen and oxygen atoms in total. The zero-order valence-corrected chi connectivity index (χ0v) is 21.5. The quantitative estimate of drug-likeness (QED) is 0.618. The van der Waals surface area contributed by atoms with Gasteiger partial charge in [-0.25, -0.2) is 4.98 Å². The highest BCUT2D eigenvalue weighted by Gasteiger charge is 2.47. The minimum atomic E-state index is -0.0927. The highest BCUT2D eigenvalue weighted by atomic mass is 16.5. The second-order valence-electron chi connectivity index (χ2n) is 10.3. The molecular formula is C28H37N5O3. The number of carbonyl (C=O) groups is 2. The normalized spacial score (nSPS) is 24.2. The molecule has 2 amide bonds. The van der Waals surface area contributed by atoms with Crippen molar-refractivity contribution in [2.45, 2.75) is 45.7 Å². The lowest BCUT2D eigenvalue weighted by Gasteiger charge is -2.46. The molecular weight excluding hydrogens is 454 g/mol. The van der Waals surface area contributed by atoms with Crippen molar-refractivity contribution in [1.82, 2.24) is 15.2 Å². The number of fused-ring (bicyclic) bond motifs is 1. The third-order valence-electron chi connectivity index (χ3n) is 7.70. The third kappa shape index (κ3) is 5.25. The fourth-order valence-electron chi connectivity index (χ4n) is 5.74. The summed E-state index contributed by atoms with van der Waals surface area (Å²) in [5.41, 5.74) is 3.42. The van der Waals surface area contributed by atoms with E-state index in [-0.39, 0.29) is 29.8 Å². The number of carbonyl (C=O) groups excluding carboxylic acids is 2. The lowest BCUT2D eigenvalue weighted by molar-refractivity contribution is -0.117. The molecule has 3 atom stereocenters. The van der Waals surface area contributed by atoms with Gasteiger partial charge in [0.25, 0.3) is 5.91 Å². The minimum absolute atomic E-state index is 0.0508. The summed E-state index contributed by atoms with van der Waals surface area (Å²) in [6.45, 7) is 10.5. The Balaban J connectivity index is 1.42. The van der Waals surface area contributed by atoms with Crippen LogP contribution in [0.4, 0.5) is 11.5 Å². The average Bonchev–Trinajstić information content (AvgIpc) is 3.71. The van der Waals surface area contributed by atoms with Crippen LogP contribution in [0.5, 0.6) is 0 Å². The Hall–Kier alpha value is -2.97. The molecule has 1 saturated carbocycles. The molecule has 3 heterocycles. The molecule has 1 saturated heterocycles. The maximum atomic E-state index is 13.1. The number of aromatic nitrogens is 1. The summed E-state index contributed by atoms with van der Waals surface area (Å²) in [4.78, 5) is 34.9. The molecule has 3 aliphatic rings. The van der Waals surface area contributed by atoms with Crippen molar-refractivity contribution >= 4 is 23.3 Å². The molecule has 2 aliphatic heterocycles. The van der Waals surface area contributed by atoms with Gasteiger partial charge in [0.2, 0.25) is 5.91 Å². The van der Waals surface area contributed by atoms with Crippen LogP contribution in [0.15, 0.2) is 36.4 Å². The summed E-state index contributed by atoms with van der Waals surface area (Å²) < 4.78 is 5.40. The number of benzene rings is 1. The molecule has 1 aromatic carbocycles. The highest BCUT2D eigenvalue weighted by Crippen LogP contribution is 2.50. The summed E-state index contributed by atoms with van der Waals surface area (Å²) >= 11 is 0. The third-order valence-corrected chi connectivity index (χ3v) is 7.70. The van der Waals surface area contributed by atoms with Crippen LogP contribution >= 0.6 is 0 Å². The Morgan fingerprint density at radius 2 is 1.92 bits per heavy atom. The van der Waals surface area contributed by atoms with E-state index in [9.17, 15) is 9.59 Å². The second-order valence-corrected chi connectivity index (χ2v) is 10.3. The van der Waals surface area contributed by atoms with Gasteiger partial charge in [-0.1, -0.05) is 13.0 Å². The number of pyridine rings is 1. The Morgan fingerprint density at radius 1 is 1.14 bits per heavy atom. The van der Waals surface area contributed by atoms with Crippen LogP contribution < -0.4 is 15.5 Å². The van der Waals surface area contributed by atoms with Crippen molar-refractivity contribution in [3.8, 4) is 0 Å². The van der Waals surface area contributed by atoms with Gasteiger partial charge in [0.1, 0.15) is 5.82 Å². The largest absolute Gasteiger partial charge is 0.379 e. The molecule has 2 N–H and O–H groups in total. The van der Waals surface area contributed by atoms with Crippen molar-refractivity contribution in [1.29, 1.82) is 0 Å². The van der Waals surface area contributed by atoms with Crippen molar-refractivity contribution in [3.63, 3.8) is 0 Å². The molecule has 0 bridgehead atoms. The van der Waals surface area contributed by atoms with Crippen LogP contribution in [0, 0.1) is 18.8 Å². The molecule has 36 heavy (non-hydrogen) atoms. The zero-order valence-electron chi connectivity index (χ0n) is 21.5. The first-order valence-electron chi connectivity index (χ1n) is 13.1. The maximum Gasteiger partial charge on any atom is 0.251 e. The van der Waals surface area contributed by atoms with Crippen LogP contribution in [0.25, 0.3) is 0 Å². The Labute approximate surface area is 213 Å². The van der Waals surface area contributed by atoms with Gasteiger partial charge >= 0.3 is 0 Å². The van der Waals surface area contributed by atoms with E-state index >= 15 is 0 Å². The fourth-order valence-corrected chi connectivity index (χ4v) is 5.74. The molecule has 1 aliphatic carbocycles. The summed E-state index contributed by atoms with van der Waals surface area (Å²) in [6, 6.07) is 11.8. The van der Waals surface area contributed by atoms with Gasteiger partial charge in [-0.15, -0.1) is 0 Å². The fraction of sp³-hybridized carbons (Fsp3) is 0.536. The molecule has 5 rings (SSSR count). The molecule has 2 aromatic rings. The SMILES string of the molecule is CC(=O)N1c2ccc(C(=O)NCCN3CCOCC3)cc2[C@H](Nc2cccc(C)n2)[C@@H](C)[C@@H]1C1CC1. The zero-order chi connectivity index (χ0) is 25.2. The molecule has 1 aromatic heterocycles. The molecule has 0 spiro atoms. The number of hydrogen-bond donors (Lipinski definition) is 2. The van der Waals surface area contributed by atoms with Gasteiger partial charge in [-0.05, 0) is 61.6 Å². The van der Waals surface area contributed by atoms with Crippen molar-refractivity contribution in [2.75, 3.05) is 49.6 Å². The van der Waals surface area contributed by atoms with E-state index in [1.165, 1.54) is 0 Å². The van der Waals surface area contributed by atoms with Crippen LogP contribution in [-0.2, 0) is 9.53 Å². The first-order valence-corrected chi connectivity index (χ1v) is 13.1. The second kappa shape index (κ2) is 10.6. The number of morpholine rings is 1. The number of anilines is 2. The number of rotatable bonds is 7. The summed E-state index contributed by atoms with van der Waals surface area (Å²) in [6.07, 6.45) is 2.29. The number of ether oxygens (including phenoxy) is 1. The van der Waals surface area contributed by atoms with Gasteiger partial charge < -0.3 is 20.3 Å². The van der Waals surface area contributed by atoms with Gasteiger partial charge in [-0.2, -0.15) is 0 Å². The monoisotopic (exact) mass is 491 g/mol. The topological polar surface area (TPSA) is 86.8 Å². The predicted molar refractivity (Wildman–Crippen MR) is 140 cm³/mol. The smallest absolute Gasteiger partial charge is 0.251 e. The maximum absolute atomic E-state index is 13.1. The van der Waals surface area contributed by atoms with E-state index in [4.69, 9.17) is 4.74 Å². The highest BCUT2D eigenvalue weighted by molar-refractivity contribution is 5.98. The van der Waals surface area contributed by atoms with E-state index in [2.05, 4.69) is 27.4 Å². The van der Waals surface area contributed by atoms with E-state index in [1.54, 1.807) is 6.92 Å². The van der Waals surface area contributed by atoms with Gasteiger partial charge in [0.05, 0.1) is 19.3 Å². The number of nitrogens with zero attached hydrogens (tertiary/aromatic N) is 3. The minimum Gasteiger partial charge on any atom is -0.379 e. The van der Waals surface area contributed by atoms with E-state index in [0.29, 0.717) is 18.0 Å². The Kier molecular flexibility index (Phi) is 7.25. The average molecular weight is 492 g/mol. The van der Waals surface area contributed by atoms with E-state index in [1.807, 2.05) is 48.2 Å². The van der Waals surface area contributed by atoms with E-state index < -0.39 is 0 Å². The summed E-state index contributed by atoms with van der Waals surface area (Å²) in [7, 11) is 0. The van der Waals surface area contributed by atoms with Gasteiger partial charge in [0.15, 0.2) is 0 Å². The standard InChI is InChI=1S/C28H37N5O3/c1-18-5-4-6-25(30-18)31-26-19(2)27(21-7-8-21)33(20(3)34)24-10-9-22(17-23(24)26)28(35)29-11-12-32-13-15-36-16-14-32/h4-6,9-10,17,19,21,26-27H,7-8,11-16H2,1-3H3,(H,29,35)(H,30,31)/t19-,26-,27-/m1/s1. The first-order chi connectivity index (χ1) is 17.4. The number of amides is 2. The number of nitrogens with one attached hydrogen (secondary N) is 2. The Morgan fingerprint density at radius 3 is 2.61 bits per heavy atom. The molecule has 0 radical (unpaired) electrons. The van der Waals surface area contributed by atoms with Crippen molar-refractivity contribution in [3.05, 3.63) is 53.2 Å². The summed E-state index contributed by atoms with van der Waals surface area (Å²) in [5.74, 6) is 1.44. The van der Waals surface area contributed by atoms with Crippen LogP contribution in [0.1, 0.15) is 54.3 Å². The van der Waals surface area contributed by atoms with Crippen LogP contribution in [0.2, 0.25) is 0 Å². The first kappa shape index (κ1) is 24.7. The van der Waals surface area contributed by atoms with Crippen molar-refractivity contribution in [2.24, 2.45) is 11.8 Å².